The Balaban J connectivity index is 1.67. The van der Waals surface area contributed by atoms with E-state index in [1.54, 1.807) is 44.6 Å². The number of nitrogens with zero attached hydrogens (tertiary/aromatic N) is 5. The van der Waals surface area contributed by atoms with Gasteiger partial charge in [0, 0.05) is 37.0 Å². The number of hydrogen-bond donors (Lipinski definition) is 3. The van der Waals surface area contributed by atoms with Gasteiger partial charge in [-0.15, -0.1) is 10.2 Å². The molecule has 1 amide bonds. The molecule has 3 N–H and O–H groups in total. The number of nitrogens with one attached hydrogen (secondary N) is 2. The Morgan fingerprint density at radius 2 is 1.76 bits per heavy atom. The third kappa shape index (κ3) is 6.10. The van der Waals surface area contributed by atoms with Crippen molar-refractivity contribution in [3.63, 3.8) is 0 Å². The maximum atomic E-state index is 12.2. The highest BCUT2D eigenvalue weighted by molar-refractivity contribution is 5.94. The first kappa shape index (κ1) is 25.8. The van der Waals surface area contributed by atoms with Crippen LogP contribution in [0.1, 0.15) is 48.6 Å². The second-order valence-corrected chi connectivity index (χ2v) is 9.81. The molecule has 4 aromatic rings. The van der Waals surface area contributed by atoms with E-state index in [0.29, 0.717) is 34.5 Å². The monoisotopic (exact) mass is 501 g/mol. The Labute approximate surface area is 215 Å². The van der Waals surface area contributed by atoms with Crippen LogP contribution in [0.15, 0.2) is 65.2 Å². The van der Waals surface area contributed by atoms with Crippen LogP contribution in [0.5, 0.6) is 0 Å². The molecule has 10 nitrogen and oxygen atoms in total. The van der Waals surface area contributed by atoms with E-state index in [4.69, 9.17) is 4.42 Å². The maximum Gasteiger partial charge on any atom is 0.253 e. The standard InChI is InChI=1S/C27H31N7O3/c1-27(2,3)25-33-32-23(37-25)20-15-28-26(29-19-13-11-18(12-14-19)24(36)34(4)5)31-22(20)30-21(16-35)17-9-7-6-8-10-17/h6-15,21,35H,16H2,1-5H3,(H2,28,29,30,31)/t21-/m1/s1. The van der Waals surface area contributed by atoms with Gasteiger partial charge in [-0.2, -0.15) is 4.98 Å². The zero-order valence-corrected chi connectivity index (χ0v) is 21.6. The van der Waals surface area contributed by atoms with Crippen molar-refractivity contribution in [2.75, 3.05) is 31.3 Å². The van der Waals surface area contributed by atoms with Crippen LogP contribution in [0.25, 0.3) is 11.5 Å². The highest BCUT2D eigenvalue weighted by Gasteiger charge is 2.24. The largest absolute Gasteiger partial charge is 0.420 e. The first-order chi connectivity index (χ1) is 17.7. The number of hydrogen-bond acceptors (Lipinski definition) is 9. The number of aromatic nitrogens is 4. The first-order valence-electron chi connectivity index (χ1n) is 11.9. The highest BCUT2D eigenvalue weighted by Crippen LogP contribution is 2.31. The van der Waals surface area contributed by atoms with E-state index in [1.807, 2.05) is 51.1 Å². The fourth-order valence-electron chi connectivity index (χ4n) is 3.51. The number of carbonyl (C=O) groups is 1. The van der Waals surface area contributed by atoms with Crippen LogP contribution in [0, 0.1) is 0 Å². The Kier molecular flexibility index (Phi) is 7.49. The number of aliphatic hydroxyl groups is 1. The molecule has 4 rings (SSSR count). The molecule has 0 saturated carbocycles. The fourth-order valence-corrected chi connectivity index (χ4v) is 3.51. The molecule has 0 fully saturated rings. The van der Waals surface area contributed by atoms with Gasteiger partial charge in [0.1, 0.15) is 5.82 Å². The summed E-state index contributed by atoms with van der Waals surface area (Å²) in [5.41, 5.74) is 2.37. The number of aliphatic hydroxyl groups excluding tert-OH is 1. The number of benzene rings is 2. The van der Waals surface area contributed by atoms with E-state index in [9.17, 15) is 9.90 Å². The van der Waals surface area contributed by atoms with Crippen molar-refractivity contribution in [1.82, 2.24) is 25.1 Å². The lowest BCUT2D eigenvalue weighted by Crippen LogP contribution is -2.21. The van der Waals surface area contributed by atoms with Crippen molar-refractivity contribution >= 4 is 23.4 Å². The molecule has 2 aromatic carbocycles. The molecule has 0 spiro atoms. The fraction of sp³-hybridized carbons (Fsp3) is 0.296. The topological polar surface area (TPSA) is 129 Å². The summed E-state index contributed by atoms with van der Waals surface area (Å²) in [4.78, 5) is 22.8. The van der Waals surface area contributed by atoms with Gasteiger partial charge in [-0.05, 0) is 29.8 Å². The Hall–Kier alpha value is -4.31. The van der Waals surface area contributed by atoms with Crippen molar-refractivity contribution in [2.24, 2.45) is 0 Å². The van der Waals surface area contributed by atoms with Crippen molar-refractivity contribution in [3.8, 4) is 11.5 Å². The summed E-state index contributed by atoms with van der Waals surface area (Å²) in [7, 11) is 3.42. The Morgan fingerprint density at radius 1 is 1.05 bits per heavy atom. The van der Waals surface area contributed by atoms with Gasteiger partial charge in [0.15, 0.2) is 0 Å². The molecule has 0 bridgehead atoms. The minimum absolute atomic E-state index is 0.0798. The molecule has 0 aliphatic heterocycles. The molecule has 0 saturated heterocycles. The van der Waals surface area contributed by atoms with E-state index in [1.165, 1.54) is 4.90 Å². The number of carbonyl (C=O) groups excluding carboxylic acids is 1. The molecule has 37 heavy (non-hydrogen) atoms. The maximum absolute atomic E-state index is 12.2. The summed E-state index contributed by atoms with van der Waals surface area (Å²) in [6.07, 6.45) is 1.60. The SMILES string of the molecule is CN(C)C(=O)c1ccc(Nc2ncc(-c3nnc(C(C)(C)C)o3)c(N[C@H](CO)c3ccccc3)n2)cc1. The van der Waals surface area contributed by atoms with Crippen LogP contribution < -0.4 is 10.6 Å². The second-order valence-electron chi connectivity index (χ2n) is 9.81. The molecule has 0 aliphatic carbocycles. The van der Waals surface area contributed by atoms with Crippen LogP contribution in [0.3, 0.4) is 0 Å². The third-order valence-electron chi connectivity index (χ3n) is 5.58. The van der Waals surface area contributed by atoms with Gasteiger partial charge in [0.25, 0.3) is 11.8 Å². The summed E-state index contributed by atoms with van der Waals surface area (Å²) >= 11 is 0. The van der Waals surface area contributed by atoms with Crippen LogP contribution >= 0.6 is 0 Å². The van der Waals surface area contributed by atoms with E-state index in [2.05, 4.69) is 30.8 Å². The molecule has 0 unspecified atom stereocenters. The van der Waals surface area contributed by atoms with Crippen molar-refractivity contribution in [3.05, 3.63) is 77.8 Å². The molecule has 192 valence electrons. The molecule has 2 heterocycles. The number of anilines is 3. The normalized spacial score (nSPS) is 12.2. The summed E-state index contributed by atoms with van der Waals surface area (Å²) in [6, 6.07) is 16.2. The third-order valence-corrected chi connectivity index (χ3v) is 5.58. The van der Waals surface area contributed by atoms with E-state index in [0.717, 1.165) is 5.56 Å². The van der Waals surface area contributed by atoms with Crippen molar-refractivity contribution in [2.45, 2.75) is 32.2 Å². The molecular formula is C27H31N7O3. The number of amides is 1. The summed E-state index contributed by atoms with van der Waals surface area (Å²) in [5, 5.41) is 25.0. The van der Waals surface area contributed by atoms with E-state index in [-0.39, 0.29) is 23.8 Å². The van der Waals surface area contributed by atoms with Crippen LogP contribution in [0.4, 0.5) is 17.5 Å². The summed E-state index contributed by atoms with van der Waals surface area (Å²) < 4.78 is 5.95. The molecule has 1 atom stereocenters. The van der Waals surface area contributed by atoms with Gasteiger partial charge in [-0.1, -0.05) is 51.1 Å². The highest BCUT2D eigenvalue weighted by atomic mass is 16.4. The molecule has 10 heteroatoms. The molecule has 0 radical (unpaired) electrons. The van der Waals surface area contributed by atoms with Crippen LogP contribution in [-0.4, -0.2) is 56.8 Å². The molecule has 2 aromatic heterocycles. The number of rotatable bonds is 8. The quantitative estimate of drug-likeness (QED) is 0.321. The lowest BCUT2D eigenvalue weighted by molar-refractivity contribution is 0.0827. The lowest BCUT2D eigenvalue weighted by Gasteiger charge is -2.19. The predicted molar refractivity (Wildman–Crippen MR) is 142 cm³/mol. The predicted octanol–water partition coefficient (Wildman–Crippen LogP) is 4.42. The Morgan fingerprint density at radius 3 is 2.35 bits per heavy atom. The van der Waals surface area contributed by atoms with Crippen LogP contribution in [-0.2, 0) is 5.41 Å². The second kappa shape index (κ2) is 10.8. The minimum Gasteiger partial charge on any atom is -0.420 e. The van der Waals surface area contributed by atoms with Gasteiger partial charge in [0.2, 0.25) is 11.8 Å². The zero-order chi connectivity index (χ0) is 26.6. The van der Waals surface area contributed by atoms with E-state index < -0.39 is 6.04 Å². The minimum atomic E-state index is -0.427. The zero-order valence-electron chi connectivity index (χ0n) is 21.6. The van der Waals surface area contributed by atoms with Gasteiger partial charge in [-0.25, -0.2) is 4.98 Å². The lowest BCUT2D eigenvalue weighted by atomic mass is 9.97. The van der Waals surface area contributed by atoms with Gasteiger partial charge in [-0.3, -0.25) is 4.79 Å². The van der Waals surface area contributed by atoms with Gasteiger partial charge >= 0.3 is 0 Å². The Bertz CT molecular complexity index is 1350. The molecular weight excluding hydrogens is 470 g/mol. The smallest absolute Gasteiger partial charge is 0.253 e. The van der Waals surface area contributed by atoms with Crippen molar-refractivity contribution in [1.29, 1.82) is 0 Å². The summed E-state index contributed by atoms with van der Waals surface area (Å²) in [6.45, 7) is 5.80. The van der Waals surface area contributed by atoms with Crippen LogP contribution in [0.2, 0.25) is 0 Å². The molecule has 0 aliphatic rings. The average Bonchev–Trinajstić information content (AvgIpc) is 3.39. The van der Waals surface area contributed by atoms with Gasteiger partial charge < -0.3 is 25.1 Å². The first-order valence-corrected chi connectivity index (χ1v) is 11.9. The average molecular weight is 502 g/mol. The summed E-state index contributed by atoms with van der Waals surface area (Å²) in [5.74, 6) is 1.42. The van der Waals surface area contributed by atoms with E-state index >= 15 is 0 Å². The van der Waals surface area contributed by atoms with Gasteiger partial charge in [0.05, 0.1) is 18.2 Å². The van der Waals surface area contributed by atoms with Crippen molar-refractivity contribution < 1.29 is 14.3 Å².